The number of nitrogens with one attached hydrogen (secondary N) is 1. The Morgan fingerprint density at radius 2 is 1.20 bits per heavy atom. The minimum atomic E-state index is 0. The number of hydrogen-bond acceptors (Lipinski definition) is 2. The normalized spacial score (nSPS) is 9.40. The quantitative estimate of drug-likeness (QED) is 0.633. The lowest BCUT2D eigenvalue weighted by Crippen LogP contribution is -2.20. The second-order valence-electron chi connectivity index (χ2n) is 4.48. The molecule has 0 amide bonds. The maximum Gasteiger partial charge on any atom is 0.0314 e. The number of benzene rings is 2. The van der Waals surface area contributed by atoms with Crippen LogP contribution in [0.25, 0.3) is 0 Å². The molecule has 0 bridgehead atoms. The van der Waals surface area contributed by atoms with Crippen LogP contribution in [-0.4, -0.2) is 13.1 Å². The van der Waals surface area contributed by atoms with Gasteiger partial charge in [-0.25, -0.2) is 0 Å². The topological polar surface area (TPSA) is 38.0 Å². The highest BCUT2D eigenvalue weighted by molar-refractivity contribution is 5.85. The summed E-state index contributed by atoms with van der Waals surface area (Å²) in [6.45, 7) is 2.04. The number of nitrogen functional groups attached to an aromatic ring is 1. The molecule has 2 rings (SSSR count). The first kappa shape index (κ1) is 18.8. The van der Waals surface area contributed by atoms with Gasteiger partial charge in [0.1, 0.15) is 0 Å². The molecule has 0 heterocycles. The highest BCUT2D eigenvalue weighted by atomic mass is 35.5. The summed E-state index contributed by atoms with van der Waals surface area (Å²) in [6, 6.07) is 18.7. The van der Waals surface area contributed by atoms with Crippen molar-refractivity contribution in [2.45, 2.75) is 12.8 Å². The number of halogens is 2. The fourth-order valence-electron chi connectivity index (χ4n) is 1.92. The van der Waals surface area contributed by atoms with Crippen molar-refractivity contribution in [3.63, 3.8) is 0 Å². The molecule has 0 aliphatic rings. The minimum absolute atomic E-state index is 0. The molecule has 0 aromatic heterocycles. The molecular weight excluding hydrogens is 291 g/mol. The molecule has 0 aliphatic heterocycles. The third-order valence-electron chi connectivity index (χ3n) is 3.00. The molecule has 2 aromatic carbocycles. The summed E-state index contributed by atoms with van der Waals surface area (Å²) in [4.78, 5) is 0. The van der Waals surface area contributed by atoms with E-state index in [-0.39, 0.29) is 24.8 Å². The van der Waals surface area contributed by atoms with Crippen LogP contribution >= 0.6 is 24.8 Å². The molecule has 20 heavy (non-hydrogen) atoms. The standard InChI is InChI=1S/C16H20N2.2ClH/c17-16-8-6-15(7-9-16)11-13-18-12-10-14-4-2-1-3-5-14;;/h1-9,18H,10-13,17H2;2*1H. The zero-order chi connectivity index (χ0) is 12.6. The van der Waals surface area contributed by atoms with E-state index in [1.165, 1.54) is 11.1 Å². The fourth-order valence-corrected chi connectivity index (χ4v) is 1.92. The fraction of sp³-hybridized carbons (Fsp3) is 0.250. The maximum atomic E-state index is 5.65. The summed E-state index contributed by atoms with van der Waals surface area (Å²) >= 11 is 0. The van der Waals surface area contributed by atoms with Crippen molar-refractivity contribution in [2.75, 3.05) is 18.8 Å². The molecule has 0 aliphatic carbocycles. The van der Waals surface area contributed by atoms with Crippen LogP contribution in [0, 0.1) is 0 Å². The van der Waals surface area contributed by atoms with Gasteiger partial charge in [0, 0.05) is 5.69 Å². The molecular formula is C16H22Cl2N2. The second-order valence-corrected chi connectivity index (χ2v) is 4.48. The average Bonchev–Trinajstić information content (AvgIpc) is 2.42. The molecule has 2 aromatic rings. The molecule has 0 fully saturated rings. The van der Waals surface area contributed by atoms with Crippen molar-refractivity contribution >= 4 is 30.5 Å². The lowest BCUT2D eigenvalue weighted by Gasteiger charge is -2.05. The largest absolute Gasteiger partial charge is 0.399 e. The Hall–Kier alpha value is -1.22. The Bertz CT molecular complexity index is 458. The molecule has 110 valence electrons. The first-order valence-electron chi connectivity index (χ1n) is 6.43. The number of hydrogen-bond donors (Lipinski definition) is 2. The van der Waals surface area contributed by atoms with Crippen molar-refractivity contribution in [2.24, 2.45) is 0 Å². The molecule has 2 nitrogen and oxygen atoms in total. The summed E-state index contributed by atoms with van der Waals surface area (Å²) in [5.41, 5.74) is 9.20. The van der Waals surface area contributed by atoms with Gasteiger partial charge < -0.3 is 11.1 Å². The Morgan fingerprint density at radius 3 is 1.75 bits per heavy atom. The van der Waals surface area contributed by atoms with Crippen LogP contribution in [-0.2, 0) is 12.8 Å². The first-order valence-corrected chi connectivity index (χ1v) is 6.43. The lowest BCUT2D eigenvalue weighted by atomic mass is 10.1. The number of anilines is 1. The van der Waals surface area contributed by atoms with Gasteiger partial charge in [0.15, 0.2) is 0 Å². The molecule has 0 unspecified atom stereocenters. The van der Waals surface area contributed by atoms with E-state index in [9.17, 15) is 0 Å². The van der Waals surface area contributed by atoms with E-state index in [1.807, 2.05) is 12.1 Å². The SMILES string of the molecule is Cl.Cl.Nc1ccc(CCNCCc2ccccc2)cc1. The highest BCUT2D eigenvalue weighted by Gasteiger charge is 1.94. The van der Waals surface area contributed by atoms with E-state index >= 15 is 0 Å². The molecule has 4 heteroatoms. The van der Waals surface area contributed by atoms with Crippen LogP contribution in [0.4, 0.5) is 5.69 Å². The zero-order valence-corrected chi connectivity index (χ0v) is 13.1. The van der Waals surface area contributed by atoms with Crippen molar-refractivity contribution in [3.05, 3.63) is 65.7 Å². The highest BCUT2D eigenvalue weighted by Crippen LogP contribution is 2.05. The second kappa shape index (κ2) is 10.6. The van der Waals surface area contributed by atoms with Gasteiger partial charge in [-0.2, -0.15) is 0 Å². The summed E-state index contributed by atoms with van der Waals surface area (Å²) in [6.07, 6.45) is 2.14. The van der Waals surface area contributed by atoms with Gasteiger partial charge in [0.25, 0.3) is 0 Å². The van der Waals surface area contributed by atoms with E-state index in [0.29, 0.717) is 0 Å². The Balaban J connectivity index is 0.00000180. The van der Waals surface area contributed by atoms with Crippen molar-refractivity contribution in [1.82, 2.24) is 5.32 Å². The van der Waals surface area contributed by atoms with Gasteiger partial charge in [-0.05, 0) is 49.2 Å². The van der Waals surface area contributed by atoms with Crippen LogP contribution in [0.1, 0.15) is 11.1 Å². The summed E-state index contributed by atoms with van der Waals surface area (Å²) < 4.78 is 0. The van der Waals surface area contributed by atoms with Gasteiger partial charge in [-0.1, -0.05) is 42.5 Å². The van der Waals surface area contributed by atoms with Gasteiger partial charge in [0.05, 0.1) is 0 Å². The van der Waals surface area contributed by atoms with Crippen LogP contribution in [0.15, 0.2) is 54.6 Å². The van der Waals surface area contributed by atoms with Crippen molar-refractivity contribution in [1.29, 1.82) is 0 Å². The number of nitrogens with two attached hydrogens (primary N) is 1. The van der Waals surface area contributed by atoms with Crippen molar-refractivity contribution in [3.8, 4) is 0 Å². The maximum absolute atomic E-state index is 5.65. The predicted octanol–water partition coefficient (Wildman–Crippen LogP) is 3.49. The van der Waals surface area contributed by atoms with Crippen LogP contribution in [0.5, 0.6) is 0 Å². The molecule has 0 saturated heterocycles. The van der Waals surface area contributed by atoms with E-state index in [1.54, 1.807) is 0 Å². The Kier molecular flexibility index (Phi) is 9.91. The predicted molar refractivity (Wildman–Crippen MR) is 92.1 cm³/mol. The monoisotopic (exact) mass is 312 g/mol. The smallest absolute Gasteiger partial charge is 0.0314 e. The Morgan fingerprint density at radius 1 is 0.700 bits per heavy atom. The minimum Gasteiger partial charge on any atom is -0.399 e. The van der Waals surface area contributed by atoms with Crippen LogP contribution in [0.3, 0.4) is 0 Å². The molecule has 0 saturated carbocycles. The van der Waals surface area contributed by atoms with E-state index in [4.69, 9.17) is 5.73 Å². The van der Waals surface area contributed by atoms with E-state index < -0.39 is 0 Å². The molecule has 0 spiro atoms. The zero-order valence-electron chi connectivity index (χ0n) is 11.4. The molecule has 0 radical (unpaired) electrons. The lowest BCUT2D eigenvalue weighted by molar-refractivity contribution is 0.682. The van der Waals surface area contributed by atoms with Gasteiger partial charge in [-0.3, -0.25) is 0 Å². The van der Waals surface area contributed by atoms with Crippen LogP contribution in [0.2, 0.25) is 0 Å². The summed E-state index contributed by atoms with van der Waals surface area (Å²) in [5, 5.41) is 3.47. The van der Waals surface area contributed by atoms with E-state index in [0.717, 1.165) is 31.6 Å². The van der Waals surface area contributed by atoms with Crippen LogP contribution < -0.4 is 11.1 Å². The Labute approximate surface area is 133 Å². The van der Waals surface area contributed by atoms with Gasteiger partial charge in [-0.15, -0.1) is 24.8 Å². The average molecular weight is 313 g/mol. The van der Waals surface area contributed by atoms with Gasteiger partial charge >= 0.3 is 0 Å². The number of rotatable bonds is 6. The van der Waals surface area contributed by atoms with Crippen molar-refractivity contribution < 1.29 is 0 Å². The molecule has 3 N–H and O–H groups in total. The van der Waals surface area contributed by atoms with Gasteiger partial charge in [0.2, 0.25) is 0 Å². The molecule has 0 atom stereocenters. The third kappa shape index (κ3) is 6.80. The summed E-state index contributed by atoms with van der Waals surface area (Å²) in [7, 11) is 0. The summed E-state index contributed by atoms with van der Waals surface area (Å²) in [5.74, 6) is 0. The van der Waals surface area contributed by atoms with E-state index in [2.05, 4.69) is 47.8 Å². The first-order chi connectivity index (χ1) is 8.84. The third-order valence-corrected chi connectivity index (χ3v) is 3.00.